The van der Waals surface area contributed by atoms with Gasteiger partial charge in [0.05, 0.1) is 6.54 Å². The molecule has 1 aliphatic heterocycles. The van der Waals surface area contributed by atoms with E-state index >= 15 is 0 Å². The van der Waals surface area contributed by atoms with E-state index in [2.05, 4.69) is 44.9 Å². The highest BCUT2D eigenvalue weighted by atomic mass is 32.2. The zero-order chi connectivity index (χ0) is 12.9. The predicted octanol–water partition coefficient (Wildman–Crippen LogP) is 3.92. The van der Waals surface area contributed by atoms with E-state index in [1.807, 2.05) is 11.8 Å². The average Bonchev–Trinajstić information content (AvgIpc) is 2.77. The fraction of sp³-hybridized carbons (Fsp3) is 0.929. The minimum atomic E-state index is 0.371. The molecule has 17 heavy (non-hydrogen) atoms. The number of aliphatic imine (C=N–C) groups is 1. The van der Waals surface area contributed by atoms with Crippen molar-refractivity contribution >= 4 is 16.9 Å². The molecule has 0 saturated heterocycles. The number of amidine groups is 1. The van der Waals surface area contributed by atoms with Crippen molar-refractivity contribution in [2.75, 3.05) is 13.1 Å². The van der Waals surface area contributed by atoms with Gasteiger partial charge in [-0.25, -0.2) is 0 Å². The van der Waals surface area contributed by atoms with Crippen molar-refractivity contribution in [3.63, 3.8) is 0 Å². The Bertz CT molecular complexity index is 257. The highest BCUT2D eigenvalue weighted by Crippen LogP contribution is 2.30. The molecule has 0 fully saturated rings. The maximum Gasteiger partial charge on any atom is 0.156 e. The summed E-state index contributed by atoms with van der Waals surface area (Å²) in [5.74, 6) is 0.822. The molecule has 3 heteroatoms. The van der Waals surface area contributed by atoms with Crippen molar-refractivity contribution < 1.29 is 0 Å². The lowest BCUT2D eigenvalue weighted by molar-refractivity contribution is 0.350. The summed E-state index contributed by atoms with van der Waals surface area (Å²) in [5, 5.41) is 5.39. The van der Waals surface area contributed by atoms with E-state index in [4.69, 9.17) is 0 Å². The largest absolute Gasteiger partial charge is 0.364 e. The van der Waals surface area contributed by atoms with Gasteiger partial charge in [-0.05, 0) is 17.8 Å². The van der Waals surface area contributed by atoms with Crippen molar-refractivity contribution in [2.24, 2.45) is 16.3 Å². The lowest BCUT2D eigenvalue weighted by atomic mass is 9.90. The summed E-state index contributed by atoms with van der Waals surface area (Å²) in [6.45, 7) is 13.5. The maximum absolute atomic E-state index is 4.64. The van der Waals surface area contributed by atoms with Crippen molar-refractivity contribution in [3.8, 4) is 0 Å². The van der Waals surface area contributed by atoms with Crippen LogP contribution in [0.2, 0.25) is 0 Å². The third-order valence-electron chi connectivity index (χ3n) is 3.93. The molecule has 0 aromatic heterocycles. The van der Waals surface area contributed by atoms with Gasteiger partial charge in [0.1, 0.15) is 0 Å². The highest BCUT2D eigenvalue weighted by Gasteiger charge is 2.26. The van der Waals surface area contributed by atoms with E-state index < -0.39 is 0 Å². The van der Waals surface area contributed by atoms with Crippen LogP contribution in [0.5, 0.6) is 0 Å². The Balaban J connectivity index is 2.35. The molecule has 0 bridgehead atoms. The zero-order valence-corrected chi connectivity index (χ0v) is 12.9. The van der Waals surface area contributed by atoms with Crippen LogP contribution in [0.1, 0.15) is 53.9 Å². The van der Waals surface area contributed by atoms with Gasteiger partial charge in [-0.15, -0.1) is 0 Å². The summed E-state index contributed by atoms with van der Waals surface area (Å²) in [6, 6.07) is 0. The Morgan fingerprint density at radius 2 is 2.00 bits per heavy atom. The highest BCUT2D eigenvalue weighted by molar-refractivity contribution is 8.14. The van der Waals surface area contributed by atoms with Gasteiger partial charge in [0.2, 0.25) is 0 Å². The molecule has 0 aromatic carbocycles. The monoisotopic (exact) mass is 256 g/mol. The molecule has 0 spiro atoms. The van der Waals surface area contributed by atoms with E-state index in [0.29, 0.717) is 10.7 Å². The predicted molar refractivity (Wildman–Crippen MR) is 79.8 cm³/mol. The molecule has 0 aromatic rings. The van der Waals surface area contributed by atoms with Gasteiger partial charge in [-0.3, -0.25) is 4.99 Å². The van der Waals surface area contributed by atoms with Gasteiger partial charge < -0.3 is 5.32 Å². The zero-order valence-electron chi connectivity index (χ0n) is 12.0. The van der Waals surface area contributed by atoms with Crippen molar-refractivity contribution in [3.05, 3.63) is 0 Å². The van der Waals surface area contributed by atoms with Crippen molar-refractivity contribution in [2.45, 2.75) is 59.1 Å². The molecular weight excluding hydrogens is 228 g/mol. The van der Waals surface area contributed by atoms with E-state index in [-0.39, 0.29) is 0 Å². The Morgan fingerprint density at radius 1 is 1.35 bits per heavy atom. The molecule has 1 atom stereocenters. The number of hydrogen-bond acceptors (Lipinski definition) is 3. The summed E-state index contributed by atoms with van der Waals surface area (Å²) in [5.41, 5.74) is 0.371. The first-order valence-electron chi connectivity index (χ1n) is 6.97. The molecule has 1 heterocycles. The van der Waals surface area contributed by atoms with Crippen LogP contribution in [0, 0.1) is 11.3 Å². The molecule has 0 amide bonds. The van der Waals surface area contributed by atoms with E-state index in [1.54, 1.807) is 0 Å². The molecule has 0 radical (unpaired) electrons. The van der Waals surface area contributed by atoms with Crippen molar-refractivity contribution in [1.29, 1.82) is 0 Å². The lowest BCUT2D eigenvalue weighted by Gasteiger charge is -2.24. The molecule has 2 nitrogen and oxygen atoms in total. The van der Waals surface area contributed by atoms with Gasteiger partial charge in [-0.2, -0.15) is 0 Å². The second kappa shape index (κ2) is 6.67. The molecule has 0 saturated carbocycles. The topological polar surface area (TPSA) is 24.4 Å². The van der Waals surface area contributed by atoms with Gasteiger partial charge in [-0.1, -0.05) is 59.2 Å². The standard InChI is InChI=1S/C14H28N2S/c1-6-11(7-2)12-9-15-13(17-12)16-10-14(4,5)8-3/h11-12H,6-10H2,1-5H3,(H,15,16). The molecule has 100 valence electrons. The number of hydrogen-bond donors (Lipinski definition) is 1. The van der Waals surface area contributed by atoms with Crippen LogP contribution in [0.25, 0.3) is 0 Å². The summed E-state index contributed by atoms with van der Waals surface area (Å²) in [6.07, 6.45) is 3.75. The molecular formula is C14H28N2S. The fourth-order valence-electron chi connectivity index (χ4n) is 1.99. The van der Waals surface area contributed by atoms with Gasteiger partial charge in [0.15, 0.2) is 5.17 Å². The second-order valence-corrected chi connectivity index (χ2v) is 6.98. The fourth-order valence-corrected chi connectivity index (χ4v) is 3.31. The van der Waals surface area contributed by atoms with Crippen LogP contribution < -0.4 is 5.32 Å². The van der Waals surface area contributed by atoms with E-state index in [0.717, 1.165) is 19.0 Å². The van der Waals surface area contributed by atoms with Crippen LogP contribution >= 0.6 is 11.8 Å². The first-order valence-corrected chi connectivity index (χ1v) is 7.85. The van der Waals surface area contributed by atoms with Gasteiger partial charge in [0.25, 0.3) is 0 Å². The molecule has 0 aliphatic carbocycles. The first kappa shape index (κ1) is 14.9. The molecule has 1 aliphatic rings. The normalized spacial score (nSPS) is 20.8. The Labute approximate surface area is 111 Å². The van der Waals surface area contributed by atoms with Gasteiger partial charge in [0, 0.05) is 11.8 Å². The Kier molecular flexibility index (Phi) is 5.84. The third-order valence-corrected chi connectivity index (χ3v) is 5.26. The second-order valence-electron chi connectivity index (χ2n) is 5.75. The van der Waals surface area contributed by atoms with Crippen LogP contribution in [0.4, 0.5) is 0 Å². The molecule has 1 unspecified atom stereocenters. The van der Waals surface area contributed by atoms with Crippen LogP contribution in [0.3, 0.4) is 0 Å². The van der Waals surface area contributed by atoms with Gasteiger partial charge >= 0.3 is 0 Å². The summed E-state index contributed by atoms with van der Waals surface area (Å²) >= 11 is 1.96. The minimum absolute atomic E-state index is 0.371. The van der Waals surface area contributed by atoms with Crippen LogP contribution in [-0.4, -0.2) is 23.5 Å². The van der Waals surface area contributed by atoms with Crippen LogP contribution in [0.15, 0.2) is 4.99 Å². The number of thioether (sulfide) groups is 1. The molecule has 1 N–H and O–H groups in total. The lowest BCUT2D eigenvalue weighted by Crippen LogP contribution is -2.32. The minimum Gasteiger partial charge on any atom is -0.364 e. The summed E-state index contributed by atoms with van der Waals surface area (Å²) in [7, 11) is 0. The Morgan fingerprint density at radius 3 is 2.53 bits per heavy atom. The average molecular weight is 256 g/mol. The smallest absolute Gasteiger partial charge is 0.156 e. The SMILES string of the molecule is CCC(CC)C1CN=C(NCC(C)(C)CC)S1. The Hall–Kier alpha value is -0.180. The van der Waals surface area contributed by atoms with E-state index in [9.17, 15) is 0 Å². The summed E-state index contributed by atoms with van der Waals surface area (Å²) in [4.78, 5) is 4.64. The van der Waals surface area contributed by atoms with E-state index in [1.165, 1.54) is 24.4 Å². The maximum atomic E-state index is 4.64. The number of nitrogens with one attached hydrogen (secondary N) is 1. The number of rotatable bonds is 6. The third kappa shape index (κ3) is 4.53. The van der Waals surface area contributed by atoms with Crippen molar-refractivity contribution in [1.82, 2.24) is 5.32 Å². The quantitative estimate of drug-likeness (QED) is 0.779. The number of nitrogens with zero attached hydrogens (tertiary/aromatic N) is 1. The van der Waals surface area contributed by atoms with Crippen LogP contribution in [-0.2, 0) is 0 Å². The summed E-state index contributed by atoms with van der Waals surface area (Å²) < 4.78 is 0. The first-order chi connectivity index (χ1) is 8.02. The molecule has 1 rings (SSSR count).